The van der Waals surface area contributed by atoms with E-state index in [1.807, 2.05) is 6.92 Å². The lowest BCUT2D eigenvalue weighted by Gasteiger charge is -2.36. The number of hydrogen-bond donors (Lipinski definition) is 1. The monoisotopic (exact) mass is 284 g/mol. The van der Waals surface area contributed by atoms with Crippen molar-refractivity contribution in [2.45, 2.75) is 38.5 Å². The van der Waals surface area contributed by atoms with Gasteiger partial charge in [-0.3, -0.25) is 4.79 Å². The van der Waals surface area contributed by atoms with Gasteiger partial charge >= 0.3 is 6.61 Å². The number of likely N-dealkylation sites (tertiary alicyclic amines) is 1. The second kappa shape index (κ2) is 6.17. The van der Waals surface area contributed by atoms with Crippen LogP contribution in [-0.2, 0) is 0 Å². The van der Waals surface area contributed by atoms with Crippen LogP contribution in [0.15, 0.2) is 24.3 Å². The molecule has 2 atom stereocenters. The molecule has 0 saturated carbocycles. The Kier molecular flexibility index (Phi) is 4.54. The maximum absolute atomic E-state index is 12.3. The fraction of sp³-hybridized carbons (Fsp3) is 0.500. The molecule has 1 aliphatic rings. The van der Waals surface area contributed by atoms with Crippen molar-refractivity contribution in [1.82, 2.24) is 4.90 Å². The van der Waals surface area contributed by atoms with E-state index in [-0.39, 0.29) is 23.7 Å². The molecular formula is C14H18F2N2O2. The number of ether oxygens (including phenoxy) is 1. The van der Waals surface area contributed by atoms with Crippen molar-refractivity contribution in [1.29, 1.82) is 0 Å². The molecule has 1 heterocycles. The van der Waals surface area contributed by atoms with E-state index in [2.05, 4.69) is 4.74 Å². The van der Waals surface area contributed by atoms with Gasteiger partial charge in [-0.2, -0.15) is 8.78 Å². The van der Waals surface area contributed by atoms with E-state index in [0.29, 0.717) is 12.1 Å². The first-order valence-corrected chi connectivity index (χ1v) is 6.59. The van der Waals surface area contributed by atoms with Crippen LogP contribution in [0.5, 0.6) is 5.75 Å². The summed E-state index contributed by atoms with van der Waals surface area (Å²) < 4.78 is 28.4. The van der Waals surface area contributed by atoms with Gasteiger partial charge in [0, 0.05) is 24.2 Å². The lowest BCUT2D eigenvalue weighted by Crippen LogP contribution is -2.48. The molecule has 6 heteroatoms. The van der Waals surface area contributed by atoms with Crippen LogP contribution in [0, 0.1) is 0 Å². The summed E-state index contributed by atoms with van der Waals surface area (Å²) in [7, 11) is 0. The predicted molar refractivity (Wildman–Crippen MR) is 70.8 cm³/mol. The lowest BCUT2D eigenvalue weighted by atomic mass is 9.98. The Hall–Kier alpha value is -1.69. The van der Waals surface area contributed by atoms with Gasteiger partial charge in [0.15, 0.2) is 0 Å². The molecule has 1 aromatic rings. The third-order valence-corrected chi connectivity index (χ3v) is 3.50. The van der Waals surface area contributed by atoms with E-state index in [9.17, 15) is 13.6 Å². The Morgan fingerprint density at radius 2 is 2.05 bits per heavy atom. The lowest BCUT2D eigenvalue weighted by molar-refractivity contribution is -0.0498. The highest BCUT2D eigenvalue weighted by atomic mass is 19.3. The van der Waals surface area contributed by atoms with Crippen molar-refractivity contribution < 1.29 is 18.3 Å². The Bertz CT molecular complexity index is 465. The minimum atomic E-state index is -2.86. The molecule has 1 saturated heterocycles. The average Bonchev–Trinajstić information content (AvgIpc) is 2.38. The zero-order valence-electron chi connectivity index (χ0n) is 11.3. The Labute approximate surface area is 116 Å². The second-order valence-corrected chi connectivity index (χ2v) is 5.03. The molecule has 2 N–H and O–H groups in total. The summed E-state index contributed by atoms with van der Waals surface area (Å²) in [6.45, 7) is -0.276. The standard InChI is InChI=1S/C14H18F2N2O2/c1-9-8-11(17)6-7-18(9)13(19)10-2-4-12(5-3-10)20-14(15)16/h2-5,9,11,14H,6-8,17H2,1H3. The number of amides is 1. The number of carbonyl (C=O) groups excluding carboxylic acids is 1. The summed E-state index contributed by atoms with van der Waals surface area (Å²) in [6, 6.07) is 5.97. The first-order valence-electron chi connectivity index (χ1n) is 6.59. The molecule has 4 nitrogen and oxygen atoms in total. The summed E-state index contributed by atoms with van der Waals surface area (Å²) in [5.74, 6) is -0.0572. The topological polar surface area (TPSA) is 55.6 Å². The number of nitrogens with zero attached hydrogens (tertiary/aromatic N) is 1. The summed E-state index contributed by atoms with van der Waals surface area (Å²) >= 11 is 0. The zero-order chi connectivity index (χ0) is 14.7. The fourth-order valence-electron chi connectivity index (χ4n) is 2.46. The van der Waals surface area contributed by atoms with Crippen molar-refractivity contribution in [2.75, 3.05) is 6.54 Å². The van der Waals surface area contributed by atoms with Crippen LogP contribution >= 0.6 is 0 Å². The van der Waals surface area contributed by atoms with Crippen molar-refractivity contribution in [2.24, 2.45) is 5.73 Å². The van der Waals surface area contributed by atoms with Crippen LogP contribution in [0.4, 0.5) is 8.78 Å². The normalized spacial score (nSPS) is 22.9. The van der Waals surface area contributed by atoms with Crippen LogP contribution in [0.25, 0.3) is 0 Å². The molecule has 0 radical (unpaired) electrons. The van der Waals surface area contributed by atoms with Gasteiger partial charge in [0.1, 0.15) is 5.75 Å². The zero-order valence-corrected chi connectivity index (χ0v) is 11.3. The van der Waals surface area contributed by atoms with E-state index in [1.165, 1.54) is 24.3 Å². The Balaban J connectivity index is 2.05. The summed E-state index contributed by atoms with van der Waals surface area (Å²) in [5.41, 5.74) is 6.33. The number of halogens is 2. The van der Waals surface area contributed by atoms with Gasteiger partial charge < -0.3 is 15.4 Å². The quantitative estimate of drug-likeness (QED) is 0.926. The van der Waals surface area contributed by atoms with Gasteiger partial charge in [-0.25, -0.2) is 0 Å². The molecular weight excluding hydrogens is 266 g/mol. The molecule has 1 aliphatic heterocycles. The van der Waals surface area contributed by atoms with Crippen LogP contribution in [-0.4, -0.2) is 36.0 Å². The predicted octanol–water partition coefficient (Wildman–Crippen LogP) is 2.24. The molecule has 0 aromatic heterocycles. The van der Waals surface area contributed by atoms with Gasteiger partial charge in [0.05, 0.1) is 0 Å². The Morgan fingerprint density at radius 1 is 1.40 bits per heavy atom. The van der Waals surface area contributed by atoms with E-state index in [4.69, 9.17) is 5.73 Å². The van der Waals surface area contributed by atoms with Crippen LogP contribution < -0.4 is 10.5 Å². The molecule has 1 aromatic carbocycles. The first-order chi connectivity index (χ1) is 9.47. The average molecular weight is 284 g/mol. The van der Waals surface area contributed by atoms with Crippen LogP contribution in [0.2, 0.25) is 0 Å². The van der Waals surface area contributed by atoms with Gasteiger partial charge in [-0.1, -0.05) is 0 Å². The maximum Gasteiger partial charge on any atom is 0.387 e. The number of piperidine rings is 1. The van der Waals surface area contributed by atoms with E-state index >= 15 is 0 Å². The molecule has 0 spiro atoms. The molecule has 0 bridgehead atoms. The number of hydrogen-bond acceptors (Lipinski definition) is 3. The van der Waals surface area contributed by atoms with Crippen LogP contribution in [0.1, 0.15) is 30.1 Å². The molecule has 1 fully saturated rings. The van der Waals surface area contributed by atoms with Crippen molar-refractivity contribution >= 4 is 5.91 Å². The largest absolute Gasteiger partial charge is 0.435 e. The third kappa shape index (κ3) is 3.45. The van der Waals surface area contributed by atoms with E-state index in [1.54, 1.807) is 4.90 Å². The van der Waals surface area contributed by atoms with E-state index < -0.39 is 6.61 Å². The molecule has 2 unspecified atom stereocenters. The summed E-state index contributed by atoms with van der Waals surface area (Å²) in [5, 5.41) is 0. The highest BCUT2D eigenvalue weighted by Gasteiger charge is 2.27. The number of alkyl halides is 2. The number of benzene rings is 1. The van der Waals surface area contributed by atoms with Gasteiger partial charge in [-0.05, 0) is 44.0 Å². The smallest absolute Gasteiger partial charge is 0.387 e. The number of nitrogens with two attached hydrogens (primary N) is 1. The number of rotatable bonds is 3. The van der Waals surface area contributed by atoms with Crippen molar-refractivity contribution in [3.8, 4) is 5.75 Å². The van der Waals surface area contributed by atoms with Gasteiger partial charge in [-0.15, -0.1) is 0 Å². The Morgan fingerprint density at radius 3 is 2.60 bits per heavy atom. The second-order valence-electron chi connectivity index (χ2n) is 5.03. The van der Waals surface area contributed by atoms with Crippen molar-refractivity contribution in [3.63, 3.8) is 0 Å². The highest BCUT2D eigenvalue weighted by Crippen LogP contribution is 2.21. The van der Waals surface area contributed by atoms with Crippen LogP contribution in [0.3, 0.4) is 0 Å². The highest BCUT2D eigenvalue weighted by molar-refractivity contribution is 5.94. The SMILES string of the molecule is CC1CC(N)CCN1C(=O)c1ccc(OC(F)F)cc1. The van der Waals surface area contributed by atoms with Crippen molar-refractivity contribution in [3.05, 3.63) is 29.8 Å². The molecule has 1 amide bonds. The van der Waals surface area contributed by atoms with Gasteiger partial charge in [0.2, 0.25) is 0 Å². The minimum Gasteiger partial charge on any atom is -0.435 e. The summed E-state index contributed by atoms with van der Waals surface area (Å²) in [4.78, 5) is 14.1. The molecule has 20 heavy (non-hydrogen) atoms. The third-order valence-electron chi connectivity index (χ3n) is 3.50. The first kappa shape index (κ1) is 14.7. The van der Waals surface area contributed by atoms with Gasteiger partial charge in [0.25, 0.3) is 5.91 Å². The minimum absolute atomic E-state index is 0.0465. The van der Waals surface area contributed by atoms with E-state index in [0.717, 1.165) is 12.8 Å². The molecule has 110 valence electrons. The summed E-state index contributed by atoms with van der Waals surface area (Å²) in [6.07, 6.45) is 1.56. The molecule has 0 aliphatic carbocycles. The maximum atomic E-state index is 12.3. The fourth-order valence-corrected chi connectivity index (χ4v) is 2.46. The number of carbonyl (C=O) groups is 1. The molecule has 2 rings (SSSR count).